The number of nitrogen functional groups attached to an aromatic ring is 1. The van der Waals surface area contributed by atoms with Crippen molar-refractivity contribution in [2.24, 2.45) is 16.3 Å². The number of nitrogens with zero attached hydrogens (tertiary/aromatic N) is 4. The van der Waals surface area contributed by atoms with E-state index in [1.54, 1.807) is 71.4 Å². The molecule has 0 radical (unpaired) electrons. The molecule has 14 heteroatoms. The molecule has 2 aliphatic heterocycles. The van der Waals surface area contributed by atoms with Crippen LogP contribution in [0.3, 0.4) is 0 Å². The topological polar surface area (TPSA) is 154 Å². The maximum absolute atomic E-state index is 13.9. The molecule has 1 amide bonds. The molecule has 2 atom stereocenters. The molecule has 2 aromatic heterocycles. The third-order valence-corrected chi connectivity index (χ3v) is 10.1. The van der Waals surface area contributed by atoms with Crippen LogP contribution in [0.2, 0.25) is 0 Å². The zero-order chi connectivity index (χ0) is 36.2. The molecule has 1 unspecified atom stereocenters. The first-order valence-electron chi connectivity index (χ1n) is 16.1. The van der Waals surface area contributed by atoms with Crippen LogP contribution >= 0.6 is 23.1 Å². The van der Waals surface area contributed by atoms with Crippen molar-refractivity contribution in [3.8, 4) is 5.75 Å². The highest BCUT2D eigenvalue weighted by atomic mass is 32.2. The summed E-state index contributed by atoms with van der Waals surface area (Å²) in [6, 6.07) is 12.9. The van der Waals surface area contributed by atoms with Gasteiger partial charge in [0.1, 0.15) is 35.1 Å². The van der Waals surface area contributed by atoms with Crippen LogP contribution in [0.4, 0.5) is 5.13 Å². The fourth-order valence-corrected chi connectivity index (χ4v) is 7.34. The summed E-state index contributed by atoms with van der Waals surface area (Å²) < 4.78 is 18.5. The van der Waals surface area contributed by atoms with Crippen molar-refractivity contribution >= 4 is 57.6 Å². The smallest absolute Gasteiger partial charge is 0.355 e. The molecular weight excluding hydrogens is 679 g/mol. The number of rotatable bonds is 13. The SMILES string of the molecule is COc1ccc(COC(=O)C2=C(C[n+]3ccccc3)CSC3[C@H](CC(=O)C(=NCC(C)(C)C(=O)OC(C)(C)C)c4csc(N)n4)C(=O)N23)cc1. The van der Waals surface area contributed by atoms with Gasteiger partial charge in [-0.1, -0.05) is 18.2 Å². The number of fused-ring (bicyclic) bond motifs is 1. The van der Waals surface area contributed by atoms with Gasteiger partial charge in [-0.25, -0.2) is 14.3 Å². The number of Topliss-reactive ketones (excluding diaryl/α,β-unsaturated/α-hetero) is 1. The molecule has 4 heterocycles. The van der Waals surface area contributed by atoms with Crippen molar-refractivity contribution in [2.45, 2.75) is 65.2 Å². The highest BCUT2D eigenvalue weighted by Crippen LogP contribution is 2.45. The Bertz CT molecular complexity index is 1810. The molecule has 264 valence electrons. The van der Waals surface area contributed by atoms with Crippen molar-refractivity contribution < 1.29 is 38.0 Å². The highest BCUT2D eigenvalue weighted by Gasteiger charge is 2.54. The quantitative estimate of drug-likeness (QED) is 0.117. The van der Waals surface area contributed by atoms with Crippen molar-refractivity contribution in [3.63, 3.8) is 0 Å². The number of aliphatic imine (C=N–C) groups is 1. The Balaban J connectivity index is 1.36. The maximum Gasteiger partial charge on any atom is 0.355 e. The number of thiazole rings is 1. The lowest BCUT2D eigenvalue weighted by Gasteiger charge is -2.49. The van der Waals surface area contributed by atoms with Gasteiger partial charge in [-0.05, 0) is 52.3 Å². The Labute approximate surface area is 299 Å². The number of carbonyl (C=O) groups is 4. The number of nitrogens with two attached hydrogens (primary N) is 1. The normalized spacial score (nSPS) is 17.9. The van der Waals surface area contributed by atoms with Crippen molar-refractivity contribution in [1.82, 2.24) is 9.88 Å². The van der Waals surface area contributed by atoms with E-state index in [9.17, 15) is 19.2 Å². The molecule has 0 saturated carbocycles. The predicted octanol–water partition coefficient (Wildman–Crippen LogP) is 4.37. The molecule has 0 spiro atoms. The van der Waals surface area contributed by atoms with E-state index in [1.165, 1.54) is 16.7 Å². The number of β-lactam (4-membered cyclic amide) rings is 1. The monoisotopic (exact) mass is 720 g/mol. The molecule has 0 bridgehead atoms. The van der Waals surface area contributed by atoms with Crippen LogP contribution in [0.25, 0.3) is 0 Å². The van der Waals surface area contributed by atoms with Gasteiger partial charge in [0.15, 0.2) is 29.9 Å². The average molecular weight is 721 g/mol. The number of anilines is 1. The average Bonchev–Trinajstić information content (AvgIpc) is 3.51. The number of esters is 2. The van der Waals surface area contributed by atoms with E-state index in [4.69, 9.17) is 19.9 Å². The third-order valence-electron chi connectivity index (χ3n) is 8.05. The van der Waals surface area contributed by atoms with Crippen molar-refractivity contribution in [3.05, 3.63) is 82.8 Å². The number of thioether (sulfide) groups is 1. The molecule has 0 aliphatic carbocycles. The molecule has 1 aromatic carbocycles. The Morgan fingerprint density at radius 1 is 1.08 bits per heavy atom. The minimum atomic E-state index is -1.04. The fourth-order valence-electron chi connectivity index (χ4n) is 5.39. The van der Waals surface area contributed by atoms with Gasteiger partial charge in [0, 0.05) is 35.3 Å². The van der Waals surface area contributed by atoms with Crippen LogP contribution in [-0.2, 0) is 41.8 Å². The lowest BCUT2D eigenvalue weighted by atomic mass is 9.88. The second kappa shape index (κ2) is 15.1. The maximum atomic E-state index is 13.9. The Morgan fingerprint density at radius 3 is 2.40 bits per heavy atom. The van der Waals surface area contributed by atoms with Crippen LogP contribution in [0.15, 0.2) is 76.5 Å². The van der Waals surface area contributed by atoms with Gasteiger partial charge >= 0.3 is 11.9 Å². The summed E-state index contributed by atoms with van der Waals surface area (Å²) in [5.41, 5.74) is 6.19. The van der Waals surface area contributed by atoms with Crippen LogP contribution < -0.4 is 15.0 Å². The zero-order valence-electron chi connectivity index (χ0n) is 29.0. The van der Waals surface area contributed by atoms with Gasteiger partial charge in [0.25, 0.3) is 0 Å². The first-order valence-corrected chi connectivity index (χ1v) is 18.0. The van der Waals surface area contributed by atoms with Crippen LogP contribution in [0.5, 0.6) is 5.75 Å². The molecule has 2 N–H and O–H groups in total. The highest BCUT2D eigenvalue weighted by molar-refractivity contribution is 8.00. The minimum Gasteiger partial charge on any atom is -0.497 e. The Kier molecular flexibility index (Phi) is 11.1. The van der Waals surface area contributed by atoms with Gasteiger partial charge in [-0.15, -0.1) is 23.1 Å². The second-order valence-corrected chi connectivity index (χ2v) is 15.7. The van der Waals surface area contributed by atoms with Crippen molar-refractivity contribution in [1.29, 1.82) is 0 Å². The van der Waals surface area contributed by atoms with E-state index in [0.717, 1.165) is 22.5 Å². The number of methoxy groups -OCH3 is 1. The van der Waals surface area contributed by atoms with Gasteiger partial charge < -0.3 is 19.9 Å². The number of benzene rings is 1. The molecule has 5 rings (SSSR count). The van der Waals surface area contributed by atoms with Gasteiger partial charge in [-0.3, -0.25) is 24.3 Å². The number of ketones is 1. The van der Waals surface area contributed by atoms with E-state index < -0.39 is 40.0 Å². The molecule has 1 fully saturated rings. The summed E-state index contributed by atoms with van der Waals surface area (Å²) in [6.07, 6.45) is 3.62. The first-order chi connectivity index (χ1) is 23.7. The molecule has 3 aromatic rings. The number of hydrogen-bond donors (Lipinski definition) is 1. The van der Waals surface area contributed by atoms with Gasteiger partial charge in [-0.2, -0.15) is 0 Å². The Hall–Kier alpha value is -4.56. The fraction of sp³-hybridized carbons (Fsp3) is 0.417. The summed E-state index contributed by atoms with van der Waals surface area (Å²) in [7, 11) is 1.58. The number of amides is 1. The summed E-state index contributed by atoms with van der Waals surface area (Å²) in [4.78, 5) is 64.7. The van der Waals surface area contributed by atoms with Gasteiger partial charge in [0.05, 0.1) is 30.4 Å². The van der Waals surface area contributed by atoms with E-state index in [-0.39, 0.29) is 47.7 Å². The number of carbonyl (C=O) groups excluding carboxylic acids is 4. The van der Waals surface area contributed by atoms with Gasteiger partial charge in [0.2, 0.25) is 5.91 Å². The molecule has 12 nitrogen and oxygen atoms in total. The first kappa shape index (κ1) is 36.7. The summed E-state index contributed by atoms with van der Waals surface area (Å²) >= 11 is 2.66. The lowest BCUT2D eigenvalue weighted by molar-refractivity contribution is -0.689. The van der Waals surface area contributed by atoms with Crippen molar-refractivity contribution in [2.75, 3.05) is 25.1 Å². The standard InChI is InChI=1S/C36H42N5O7S2/c1-35(2,3)48-33(45)36(4,5)21-38-28(26-20-50-34(37)39-26)27(42)16-25-30(43)41-29(32(44)47-18-22-10-12-24(46-6)13-11-22)23(19-49-31(25)41)17-40-14-8-7-9-15-40/h7-15,20,25,31H,16-19,21H2,1-6H3,(H2,37,39)/q+1/t25-,31?/m1/s1. The zero-order valence-corrected chi connectivity index (χ0v) is 30.6. The van der Waals surface area contributed by atoms with Crippen LogP contribution in [0.1, 0.15) is 52.3 Å². The number of pyridine rings is 1. The molecule has 50 heavy (non-hydrogen) atoms. The molecule has 2 aliphatic rings. The van der Waals surface area contributed by atoms with E-state index in [2.05, 4.69) is 9.98 Å². The summed E-state index contributed by atoms with van der Waals surface area (Å²) in [5, 5.41) is 1.43. The second-order valence-electron chi connectivity index (χ2n) is 13.7. The lowest BCUT2D eigenvalue weighted by Crippen LogP contribution is -2.62. The van der Waals surface area contributed by atoms with E-state index in [0.29, 0.717) is 18.0 Å². The van der Waals surface area contributed by atoms with E-state index >= 15 is 0 Å². The van der Waals surface area contributed by atoms with Crippen LogP contribution in [0, 0.1) is 11.3 Å². The summed E-state index contributed by atoms with van der Waals surface area (Å²) in [5.74, 6) is -1.39. The third kappa shape index (κ3) is 8.59. The number of ether oxygens (including phenoxy) is 3. The predicted molar refractivity (Wildman–Crippen MR) is 190 cm³/mol. The molecular formula is C36H42N5O7S2+. The Morgan fingerprint density at radius 2 is 1.78 bits per heavy atom. The number of aromatic nitrogens is 2. The van der Waals surface area contributed by atoms with Crippen LogP contribution in [-0.4, -0.2) is 69.6 Å². The number of hydrogen-bond acceptors (Lipinski definition) is 12. The molecule has 1 saturated heterocycles. The summed E-state index contributed by atoms with van der Waals surface area (Å²) in [6.45, 7) is 9.09. The van der Waals surface area contributed by atoms with E-state index in [1.807, 2.05) is 35.2 Å². The minimum absolute atomic E-state index is 0.0100. The largest absolute Gasteiger partial charge is 0.497 e.